The van der Waals surface area contributed by atoms with Crippen LogP contribution in [0.5, 0.6) is 0 Å². The summed E-state index contributed by atoms with van der Waals surface area (Å²) < 4.78 is 0. The van der Waals surface area contributed by atoms with E-state index < -0.39 is 5.54 Å². The summed E-state index contributed by atoms with van der Waals surface area (Å²) >= 11 is 0. The first-order chi connectivity index (χ1) is 15.0. The first-order valence-electron chi connectivity index (χ1n) is 11.2. The van der Waals surface area contributed by atoms with Crippen LogP contribution in [0.4, 0.5) is 0 Å². The molecule has 0 fully saturated rings. The average Bonchev–Trinajstić information content (AvgIpc) is 2.73. The van der Waals surface area contributed by atoms with E-state index >= 15 is 0 Å². The summed E-state index contributed by atoms with van der Waals surface area (Å²) in [4.78, 5) is 24.0. The number of hydrogen-bond acceptors (Lipinski definition) is 4. The molecule has 6 heteroatoms. The molecule has 4 N–H and O–H groups in total. The van der Waals surface area contributed by atoms with Gasteiger partial charge in [-0.2, -0.15) is 0 Å². The molecule has 1 heterocycles. The molecule has 0 saturated heterocycles. The number of rotatable bonds is 6. The van der Waals surface area contributed by atoms with E-state index in [2.05, 4.69) is 44.0 Å². The van der Waals surface area contributed by atoms with Crippen molar-refractivity contribution in [3.8, 4) is 0 Å². The fourth-order valence-electron chi connectivity index (χ4n) is 4.02. The van der Waals surface area contributed by atoms with Gasteiger partial charge in [-0.25, -0.2) is 4.99 Å². The maximum absolute atomic E-state index is 13.0. The van der Waals surface area contributed by atoms with Gasteiger partial charge in [0, 0.05) is 5.56 Å². The number of benzene rings is 2. The van der Waals surface area contributed by atoms with Crippen molar-refractivity contribution in [2.24, 2.45) is 27.4 Å². The monoisotopic (exact) mass is 433 g/mol. The first-order valence-corrected chi connectivity index (χ1v) is 11.2. The number of hydrogen-bond donors (Lipinski definition) is 2. The number of guanidine groups is 1. The van der Waals surface area contributed by atoms with Crippen LogP contribution >= 0.6 is 0 Å². The summed E-state index contributed by atoms with van der Waals surface area (Å²) in [5.74, 6) is 0.940. The summed E-state index contributed by atoms with van der Waals surface area (Å²) in [6, 6.07) is 15.8. The highest BCUT2D eigenvalue weighted by Gasteiger charge is 2.40. The van der Waals surface area contributed by atoms with Crippen molar-refractivity contribution in [1.29, 1.82) is 0 Å². The van der Waals surface area contributed by atoms with E-state index in [0.717, 1.165) is 16.7 Å². The fourth-order valence-corrected chi connectivity index (χ4v) is 4.02. The van der Waals surface area contributed by atoms with Crippen molar-refractivity contribution < 1.29 is 4.79 Å². The second kappa shape index (κ2) is 9.15. The highest BCUT2D eigenvalue weighted by molar-refractivity contribution is 6.00. The summed E-state index contributed by atoms with van der Waals surface area (Å²) in [6.07, 6.45) is 0.340. The van der Waals surface area contributed by atoms with Gasteiger partial charge in [0.2, 0.25) is 5.91 Å². The molecule has 32 heavy (non-hydrogen) atoms. The molecule has 2 aromatic rings. The Morgan fingerprint density at radius 3 is 2.38 bits per heavy atom. The van der Waals surface area contributed by atoms with Crippen LogP contribution in [0.2, 0.25) is 0 Å². The van der Waals surface area contributed by atoms with E-state index in [4.69, 9.17) is 16.5 Å². The largest absolute Gasteiger partial charge is 0.383 e. The molecule has 1 aliphatic rings. The second-order valence-electron chi connectivity index (χ2n) is 9.33. The van der Waals surface area contributed by atoms with E-state index in [-0.39, 0.29) is 29.9 Å². The van der Waals surface area contributed by atoms with Crippen molar-refractivity contribution in [2.75, 3.05) is 0 Å². The van der Waals surface area contributed by atoms with Crippen LogP contribution in [0.15, 0.2) is 58.5 Å². The van der Waals surface area contributed by atoms with Crippen molar-refractivity contribution >= 4 is 17.7 Å². The normalized spacial score (nSPS) is 21.5. The lowest BCUT2D eigenvalue weighted by atomic mass is 9.84. The van der Waals surface area contributed by atoms with Crippen LogP contribution in [-0.2, 0) is 4.79 Å². The van der Waals surface area contributed by atoms with E-state index in [9.17, 15) is 4.79 Å². The van der Waals surface area contributed by atoms with E-state index in [1.807, 2.05) is 51.1 Å². The maximum atomic E-state index is 13.0. The van der Waals surface area contributed by atoms with Gasteiger partial charge in [0.05, 0.1) is 24.0 Å². The van der Waals surface area contributed by atoms with Crippen LogP contribution in [0, 0.1) is 12.8 Å². The van der Waals surface area contributed by atoms with Crippen LogP contribution in [-0.4, -0.2) is 28.1 Å². The third-order valence-corrected chi connectivity index (χ3v) is 6.55. The third-order valence-electron chi connectivity index (χ3n) is 6.55. The van der Waals surface area contributed by atoms with Crippen LogP contribution in [0.1, 0.15) is 75.4 Å². The van der Waals surface area contributed by atoms with Crippen LogP contribution in [0.3, 0.4) is 0 Å². The topological polar surface area (TPSA) is 97.1 Å². The number of amides is 1. The highest BCUT2D eigenvalue weighted by Crippen LogP contribution is 2.33. The number of aryl methyl sites for hydroxylation is 1. The van der Waals surface area contributed by atoms with Gasteiger partial charge in [-0.15, -0.1) is 0 Å². The number of amidine groups is 1. The molecule has 0 aromatic heterocycles. The zero-order valence-electron chi connectivity index (χ0n) is 20.0. The Balaban J connectivity index is 1.86. The molecule has 170 valence electrons. The lowest BCUT2D eigenvalue weighted by molar-refractivity contribution is -0.131. The number of carbonyl (C=O) groups excluding carboxylic acids is 1. The molecule has 3 rings (SSSR count). The Bertz CT molecular complexity index is 1060. The second-order valence-corrected chi connectivity index (χ2v) is 9.33. The highest BCUT2D eigenvalue weighted by atomic mass is 16.2. The Morgan fingerprint density at radius 1 is 1.09 bits per heavy atom. The molecule has 0 saturated carbocycles. The van der Waals surface area contributed by atoms with Crippen LogP contribution in [0.25, 0.3) is 0 Å². The third kappa shape index (κ3) is 4.85. The minimum absolute atomic E-state index is 0.0127. The molecule has 1 aliphatic heterocycles. The number of nitrogens with zero attached hydrogens (tertiary/aromatic N) is 3. The summed E-state index contributed by atoms with van der Waals surface area (Å²) in [5, 5.41) is 0. The smallest absolute Gasteiger partial charge is 0.232 e. The first kappa shape index (κ1) is 23.5. The molecular weight excluding hydrogens is 398 g/mol. The lowest BCUT2D eigenvalue weighted by Crippen LogP contribution is -2.52. The molecule has 0 radical (unpaired) electrons. The Morgan fingerprint density at radius 2 is 1.75 bits per heavy atom. The number of nitrogens with two attached hydrogens (primary N) is 2. The molecule has 3 atom stereocenters. The molecule has 6 nitrogen and oxygen atoms in total. The predicted molar refractivity (Wildman–Crippen MR) is 132 cm³/mol. The lowest BCUT2D eigenvalue weighted by Gasteiger charge is -2.40. The molecule has 0 aliphatic carbocycles. The van der Waals surface area contributed by atoms with Crippen molar-refractivity contribution in [1.82, 2.24) is 4.90 Å². The molecule has 0 spiro atoms. The minimum Gasteiger partial charge on any atom is -0.383 e. The molecule has 2 aromatic carbocycles. The van der Waals surface area contributed by atoms with Crippen molar-refractivity contribution in [3.63, 3.8) is 0 Å². The Kier molecular flexibility index (Phi) is 6.72. The zero-order chi connectivity index (χ0) is 23.6. The molecule has 0 bridgehead atoms. The van der Waals surface area contributed by atoms with Gasteiger partial charge in [0.1, 0.15) is 5.84 Å². The maximum Gasteiger partial charge on any atom is 0.232 e. The number of aliphatic imine (C=N–C) groups is 2. The summed E-state index contributed by atoms with van der Waals surface area (Å²) in [7, 11) is 0. The SMILES string of the molecule is Cc1cccc([C@H](C)N=C(N)c2cccc([C@@H](C)N3C(=O)C[C@@](C)(C(C)C)N=C3N)c2)c1. The van der Waals surface area contributed by atoms with Gasteiger partial charge in [0.25, 0.3) is 0 Å². The summed E-state index contributed by atoms with van der Waals surface area (Å²) in [5.41, 5.74) is 16.2. The predicted octanol–water partition coefficient (Wildman–Crippen LogP) is 4.48. The van der Waals surface area contributed by atoms with Gasteiger partial charge in [-0.3, -0.25) is 14.7 Å². The van der Waals surface area contributed by atoms with Crippen molar-refractivity contribution in [2.45, 2.75) is 65.6 Å². The fraction of sp³-hybridized carbons (Fsp3) is 0.423. The molecule has 1 amide bonds. The quantitative estimate of drug-likeness (QED) is 0.519. The summed E-state index contributed by atoms with van der Waals surface area (Å²) in [6.45, 7) is 12.2. The molecule has 0 unspecified atom stereocenters. The Hall–Kier alpha value is -3.15. The standard InChI is InChI=1S/C26H35N5O/c1-16(2)26(6)15-23(32)31(25(28)30-26)19(5)21-11-8-12-22(14-21)24(27)29-18(4)20-10-7-9-17(3)13-20/h7-14,16,18-19H,15H2,1-6H3,(H2,27,29)(H2,28,30)/t18-,19+,26-/m0/s1. The Labute approximate surface area is 191 Å². The van der Waals surface area contributed by atoms with Gasteiger partial charge < -0.3 is 11.5 Å². The number of carbonyl (C=O) groups is 1. The van der Waals surface area contributed by atoms with Crippen molar-refractivity contribution in [3.05, 3.63) is 70.8 Å². The van der Waals surface area contributed by atoms with Gasteiger partial charge in [-0.1, -0.05) is 61.9 Å². The van der Waals surface area contributed by atoms with E-state index in [0.29, 0.717) is 12.3 Å². The van der Waals surface area contributed by atoms with Gasteiger partial charge in [-0.05, 0) is 50.8 Å². The van der Waals surface area contributed by atoms with Gasteiger partial charge in [0.15, 0.2) is 5.96 Å². The average molecular weight is 434 g/mol. The van der Waals surface area contributed by atoms with E-state index in [1.54, 1.807) is 4.90 Å². The van der Waals surface area contributed by atoms with Crippen LogP contribution < -0.4 is 11.5 Å². The van der Waals surface area contributed by atoms with E-state index in [1.165, 1.54) is 5.56 Å². The van der Waals surface area contributed by atoms with Gasteiger partial charge >= 0.3 is 0 Å². The minimum atomic E-state index is -0.470. The molecular formula is C26H35N5O. The zero-order valence-corrected chi connectivity index (χ0v) is 20.0.